The van der Waals surface area contributed by atoms with E-state index in [1.165, 1.54) is 32.1 Å². The summed E-state index contributed by atoms with van der Waals surface area (Å²) in [6.45, 7) is 4.73. The normalized spacial score (nSPS) is 27.1. The summed E-state index contributed by atoms with van der Waals surface area (Å²) in [5, 5.41) is 2.86. The number of nitrogens with zero attached hydrogens (tertiary/aromatic N) is 1. The zero-order valence-corrected chi connectivity index (χ0v) is 12.9. The van der Waals surface area contributed by atoms with Crippen LogP contribution in [-0.2, 0) is 9.59 Å². The summed E-state index contributed by atoms with van der Waals surface area (Å²) in [6, 6.07) is 0.00666. The Morgan fingerprint density at radius 3 is 2.50 bits per heavy atom. The highest BCUT2D eigenvalue weighted by molar-refractivity contribution is 5.90. The molecule has 114 valence electrons. The molecule has 1 N–H and O–H groups in total. The maximum absolute atomic E-state index is 12.7. The summed E-state index contributed by atoms with van der Waals surface area (Å²) in [7, 11) is 0. The van der Waals surface area contributed by atoms with Gasteiger partial charge in [0.1, 0.15) is 6.04 Å². The lowest BCUT2D eigenvalue weighted by atomic mass is 9.82. The van der Waals surface area contributed by atoms with Gasteiger partial charge in [0.25, 0.3) is 0 Å². The van der Waals surface area contributed by atoms with E-state index in [2.05, 4.69) is 12.2 Å². The molecule has 0 radical (unpaired) electrons. The number of nitrogens with one attached hydrogen (secondary N) is 1. The molecular formula is C16H28N2O2. The third-order valence-corrected chi connectivity index (χ3v) is 4.92. The van der Waals surface area contributed by atoms with Gasteiger partial charge in [-0.15, -0.1) is 0 Å². The van der Waals surface area contributed by atoms with Crippen molar-refractivity contribution in [1.29, 1.82) is 0 Å². The van der Waals surface area contributed by atoms with Gasteiger partial charge in [-0.05, 0) is 31.6 Å². The minimum absolute atomic E-state index is 0.0196. The molecule has 0 aromatic carbocycles. The molecule has 2 atom stereocenters. The lowest BCUT2D eigenvalue weighted by molar-refractivity contribution is -0.137. The van der Waals surface area contributed by atoms with Crippen molar-refractivity contribution in [2.75, 3.05) is 6.54 Å². The minimum Gasteiger partial charge on any atom is -0.344 e. The highest BCUT2D eigenvalue weighted by atomic mass is 16.2. The highest BCUT2D eigenvalue weighted by Crippen LogP contribution is 2.31. The molecule has 4 heteroatoms. The number of rotatable bonds is 4. The van der Waals surface area contributed by atoms with E-state index in [0.717, 1.165) is 6.42 Å². The predicted molar refractivity (Wildman–Crippen MR) is 79.2 cm³/mol. The Morgan fingerprint density at radius 1 is 1.20 bits per heavy atom. The lowest BCUT2D eigenvalue weighted by Crippen LogP contribution is -2.50. The standard InChI is InChI=1S/C16H28N2O2/c1-3-13-16(20)18(11-10-15(19)17-13)14(4-2)12-8-6-5-7-9-12/h12-14H,3-11H2,1-2H3,(H,17,19). The molecule has 1 aliphatic carbocycles. The van der Waals surface area contributed by atoms with Crippen molar-refractivity contribution in [1.82, 2.24) is 10.2 Å². The van der Waals surface area contributed by atoms with Gasteiger partial charge in [0.15, 0.2) is 0 Å². The van der Waals surface area contributed by atoms with E-state index in [1.54, 1.807) is 0 Å². The Bertz CT molecular complexity index is 350. The monoisotopic (exact) mass is 280 g/mol. The Hall–Kier alpha value is -1.06. The van der Waals surface area contributed by atoms with Crippen LogP contribution in [-0.4, -0.2) is 35.3 Å². The third-order valence-electron chi connectivity index (χ3n) is 4.92. The molecule has 0 spiro atoms. The second-order valence-corrected chi connectivity index (χ2v) is 6.18. The first-order valence-corrected chi connectivity index (χ1v) is 8.27. The van der Waals surface area contributed by atoms with Crippen LogP contribution in [0.25, 0.3) is 0 Å². The molecule has 0 aromatic heterocycles. The zero-order chi connectivity index (χ0) is 14.5. The van der Waals surface area contributed by atoms with Crippen LogP contribution >= 0.6 is 0 Å². The molecule has 1 heterocycles. The molecule has 0 aromatic rings. The van der Waals surface area contributed by atoms with Gasteiger partial charge in [0.05, 0.1) is 0 Å². The highest BCUT2D eigenvalue weighted by Gasteiger charge is 2.35. The van der Waals surface area contributed by atoms with Crippen LogP contribution < -0.4 is 5.32 Å². The Labute approximate surface area is 122 Å². The van der Waals surface area contributed by atoms with Crippen molar-refractivity contribution in [3.8, 4) is 0 Å². The van der Waals surface area contributed by atoms with Crippen LogP contribution in [0, 0.1) is 5.92 Å². The molecule has 2 rings (SSSR count). The molecule has 2 unspecified atom stereocenters. The summed E-state index contributed by atoms with van der Waals surface area (Å²) in [6.07, 6.45) is 8.52. The van der Waals surface area contributed by atoms with E-state index in [4.69, 9.17) is 0 Å². The first-order chi connectivity index (χ1) is 9.67. The van der Waals surface area contributed by atoms with Gasteiger partial charge >= 0.3 is 0 Å². The van der Waals surface area contributed by atoms with E-state index in [1.807, 2.05) is 11.8 Å². The van der Waals surface area contributed by atoms with Crippen LogP contribution in [0.15, 0.2) is 0 Å². The van der Waals surface area contributed by atoms with E-state index < -0.39 is 0 Å². The average Bonchev–Trinajstić information content (AvgIpc) is 2.62. The second kappa shape index (κ2) is 7.09. The number of carbonyl (C=O) groups excluding carboxylic acids is 2. The first kappa shape index (κ1) is 15.3. The lowest BCUT2D eigenvalue weighted by Gasteiger charge is -2.38. The molecule has 1 aliphatic heterocycles. The maximum Gasteiger partial charge on any atom is 0.245 e. The first-order valence-electron chi connectivity index (χ1n) is 8.27. The molecule has 2 amide bonds. The Kier molecular flexibility index (Phi) is 5.44. The van der Waals surface area contributed by atoms with Gasteiger partial charge in [-0.1, -0.05) is 33.1 Å². The number of hydrogen-bond donors (Lipinski definition) is 1. The number of carbonyl (C=O) groups is 2. The van der Waals surface area contributed by atoms with Crippen molar-refractivity contribution in [3.05, 3.63) is 0 Å². The van der Waals surface area contributed by atoms with Gasteiger partial charge in [-0.3, -0.25) is 9.59 Å². The summed E-state index contributed by atoms with van der Waals surface area (Å²) in [5.41, 5.74) is 0. The second-order valence-electron chi connectivity index (χ2n) is 6.18. The Morgan fingerprint density at radius 2 is 1.90 bits per heavy atom. The predicted octanol–water partition coefficient (Wildman–Crippen LogP) is 2.47. The molecule has 2 aliphatic rings. The van der Waals surface area contributed by atoms with Gasteiger partial charge < -0.3 is 10.2 Å². The van der Waals surface area contributed by atoms with Crippen molar-refractivity contribution >= 4 is 11.8 Å². The topological polar surface area (TPSA) is 49.4 Å². The van der Waals surface area contributed by atoms with E-state index in [0.29, 0.717) is 31.3 Å². The van der Waals surface area contributed by atoms with Crippen LogP contribution in [0.1, 0.15) is 65.2 Å². The van der Waals surface area contributed by atoms with Crippen LogP contribution in [0.3, 0.4) is 0 Å². The van der Waals surface area contributed by atoms with Crippen LogP contribution in [0.5, 0.6) is 0 Å². The molecule has 20 heavy (non-hydrogen) atoms. The molecule has 4 nitrogen and oxygen atoms in total. The van der Waals surface area contributed by atoms with Gasteiger partial charge in [0.2, 0.25) is 11.8 Å². The summed E-state index contributed by atoms with van der Waals surface area (Å²) >= 11 is 0. The molecule has 0 bridgehead atoms. The summed E-state index contributed by atoms with van der Waals surface area (Å²) in [5.74, 6) is 0.783. The summed E-state index contributed by atoms with van der Waals surface area (Å²) < 4.78 is 0. The van der Waals surface area contributed by atoms with Crippen molar-refractivity contribution in [2.45, 2.75) is 77.3 Å². The van der Waals surface area contributed by atoms with Crippen molar-refractivity contribution < 1.29 is 9.59 Å². The fourth-order valence-corrected chi connectivity index (χ4v) is 3.79. The van der Waals surface area contributed by atoms with Crippen molar-refractivity contribution in [2.24, 2.45) is 5.92 Å². The zero-order valence-electron chi connectivity index (χ0n) is 12.9. The van der Waals surface area contributed by atoms with Gasteiger partial charge in [-0.2, -0.15) is 0 Å². The molecule has 2 fully saturated rings. The quantitative estimate of drug-likeness (QED) is 0.860. The fraction of sp³-hybridized carbons (Fsp3) is 0.875. The van der Waals surface area contributed by atoms with Crippen molar-refractivity contribution in [3.63, 3.8) is 0 Å². The molecule has 1 saturated carbocycles. The maximum atomic E-state index is 12.7. The SMILES string of the molecule is CCC1NC(=O)CCN(C(CC)C2CCCCC2)C1=O. The minimum atomic E-state index is -0.317. The van der Waals surface area contributed by atoms with Gasteiger partial charge in [-0.25, -0.2) is 0 Å². The smallest absolute Gasteiger partial charge is 0.245 e. The van der Waals surface area contributed by atoms with E-state index in [-0.39, 0.29) is 17.9 Å². The van der Waals surface area contributed by atoms with E-state index >= 15 is 0 Å². The van der Waals surface area contributed by atoms with Crippen LogP contribution in [0.4, 0.5) is 0 Å². The van der Waals surface area contributed by atoms with E-state index in [9.17, 15) is 9.59 Å². The van der Waals surface area contributed by atoms with Gasteiger partial charge in [0, 0.05) is 19.0 Å². The molecule has 1 saturated heterocycles. The van der Waals surface area contributed by atoms with Crippen LogP contribution in [0.2, 0.25) is 0 Å². The third kappa shape index (κ3) is 3.33. The molecular weight excluding hydrogens is 252 g/mol. The summed E-state index contributed by atoms with van der Waals surface area (Å²) in [4.78, 5) is 26.4. The number of amides is 2. The Balaban J connectivity index is 2.13. The average molecular weight is 280 g/mol. The largest absolute Gasteiger partial charge is 0.344 e. The number of hydrogen-bond acceptors (Lipinski definition) is 2. The fourth-order valence-electron chi connectivity index (χ4n) is 3.79.